The molecule has 0 amide bonds. The molecule has 1 aromatic heterocycles. The predicted molar refractivity (Wildman–Crippen MR) is 61.7 cm³/mol. The van der Waals surface area contributed by atoms with Gasteiger partial charge in [0.25, 0.3) is 0 Å². The van der Waals surface area contributed by atoms with E-state index in [4.69, 9.17) is 5.73 Å². The summed E-state index contributed by atoms with van der Waals surface area (Å²) < 4.78 is 2.02. The zero-order chi connectivity index (χ0) is 11.0. The van der Waals surface area contributed by atoms with Crippen molar-refractivity contribution in [2.75, 3.05) is 6.54 Å². The van der Waals surface area contributed by atoms with Crippen LogP contribution in [0.15, 0.2) is 6.20 Å². The molecule has 3 rings (SSSR count). The Hall–Kier alpha value is -0.900. The lowest BCUT2D eigenvalue weighted by molar-refractivity contribution is 0.283. The summed E-state index contributed by atoms with van der Waals surface area (Å²) in [5.74, 6) is 2.83. The molecule has 16 heavy (non-hydrogen) atoms. The Morgan fingerprint density at radius 3 is 3.00 bits per heavy atom. The van der Waals surface area contributed by atoms with Crippen LogP contribution in [0, 0.1) is 17.8 Å². The summed E-state index contributed by atoms with van der Waals surface area (Å²) in [6, 6.07) is 0. The van der Waals surface area contributed by atoms with Crippen LogP contribution in [-0.4, -0.2) is 21.5 Å². The molecule has 2 saturated carbocycles. The molecule has 0 spiro atoms. The molecule has 3 unspecified atom stereocenters. The van der Waals surface area contributed by atoms with Crippen molar-refractivity contribution in [3.05, 3.63) is 11.9 Å². The van der Waals surface area contributed by atoms with Crippen molar-refractivity contribution in [2.24, 2.45) is 23.5 Å². The van der Waals surface area contributed by atoms with Gasteiger partial charge < -0.3 is 5.73 Å². The highest BCUT2D eigenvalue weighted by molar-refractivity contribution is 4.94. The first-order chi connectivity index (χ1) is 7.85. The second kappa shape index (κ2) is 4.17. The van der Waals surface area contributed by atoms with Crippen molar-refractivity contribution < 1.29 is 0 Å². The van der Waals surface area contributed by atoms with Crippen LogP contribution in [0.2, 0.25) is 0 Å². The minimum absolute atomic E-state index is 0.660. The van der Waals surface area contributed by atoms with E-state index in [1.807, 2.05) is 4.68 Å². The van der Waals surface area contributed by atoms with E-state index in [0.29, 0.717) is 6.54 Å². The van der Waals surface area contributed by atoms with Crippen LogP contribution in [0.4, 0.5) is 0 Å². The number of nitrogens with two attached hydrogens (primary N) is 1. The molecule has 2 fully saturated rings. The van der Waals surface area contributed by atoms with Crippen molar-refractivity contribution in [1.29, 1.82) is 0 Å². The maximum Gasteiger partial charge on any atom is 0.0839 e. The third-order valence-electron chi connectivity index (χ3n) is 4.29. The van der Waals surface area contributed by atoms with Gasteiger partial charge in [0, 0.05) is 19.2 Å². The fraction of sp³-hybridized carbons (Fsp3) is 0.833. The first kappa shape index (κ1) is 10.3. The van der Waals surface area contributed by atoms with Gasteiger partial charge in [-0.15, -0.1) is 5.10 Å². The number of rotatable bonds is 4. The molecule has 2 aliphatic rings. The Labute approximate surface area is 96.2 Å². The molecule has 0 aromatic carbocycles. The van der Waals surface area contributed by atoms with Crippen LogP contribution in [0.1, 0.15) is 31.4 Å². The van der Waals surface area contributed by atoms with Crippen molar-refractivity contribution in [1.82, 2.24) is 15.0 Å². The van der Waals surface area contributed by atoms with Crippen LogP contribution in [0.25, 0.3) is 0 Å². The molecule has 2 aliphatic carbocycles. The smallest absolute Gasteiger partial charge is 0.0839 e. The Kier molecular flexibility index (Phi) is 2.67. The molecule has 0 aliphatic heterocycles. The van der Waals surface area contributed by atoms with E-state index in [2.05, 4.69) is 16.5 Å². The fourth-order valence-corrected chi connectivity index (χ4v) is 3.53. The molecule has 3 atom stereocenters. The van der Waals surface area contributed by atoms with Gasteiger partial charge in [-0.3, -0.25) is 4.68 Å². The summed E-state index contributed by atoms with van der Waals surface area (Å²) in [5, 5.41) is 8.34. The molecule has 0 saturated heterocycles. The number of hydrogen-bond acceptors (Lipinski definition) is 3. The minimum Gasteiger partial charge on any atom is -0.330 e. The summed E-state index contributed by atoms with van der Waals surface area (Å²) in [6.45, 7) is 1.73. The Bertz CT molecular complexity index is 360. The van der Waals surface area contributed by atoms with Crippen molar-refractivity contribution >= 4 is 0 Å². The largest absolute Gasteiger partial charge is 0.330 e. The van der Waals surface area contributed by atoms with E-state index >= 15 is 0 Å². The fourth-order valence-electron chi connectivity index (χ4n) is 3.53. The van der Waals surface area contributed by atoms with Crippen molar-refractivity contribution in [3.8, 4) is 0 Å². The number of hydrogen-bond donors (Lipinski definition) is 1. The summed E-state index contributed by atoms with van der Waals surface area (Å²) >= 11 is 0. The van der Waals surface area contributed by atoms with Gasteiger partial charge in [0.2, 0.25) is 0 Å². The van der Waals surface area contributed by atoms with Gasteiger partial charge in [-0.25, -0.2) is 0 Å². The van der Waals surface area contributed by atoms with Crippen LogP contribution in [0.5, 0.6) is 0 Å². The third-order valence-corrected chi connectivity index (χ3v) is 4.29. The second-order valence-corrected chi connectivity index (χ2v) is 5.41. The second-order valence-electron chi connectivity index (χ2n) is 5.41. The van der Waals surface area contributed by atoms with Crippen LogP contribution < -0.4 is 5.73 Å². The van der Waals surface area contributed by atoms with Gasteiger partial charge in [0.15, 0.2) is 0 Å². The molecule has 4 nitrogen and oxygen atoms in total. The number of nitrogens with zero attached hydrogens (tertiary/aromatic N) is 3. The van der Waals surface area contributed by atoms with Gasteiger partial charge in [-0.05, 0) is 43.6 Å². The molecule has 2 bridgehead atoms. The molecule has 1 aromatic rings. The summed E-state index contributed by atoms with van der Waals surface area (Å²) in [4.78, 5) is 0. The lowest BCUT2D eigenvalue weighted by Crippen LogP contribution is -2.17. The van der Waals surface area contributed by atoms with E-state index in [-0.39, 0.29) is 0 Å². The number of aromatic nitrogens is 3. The summed E-state index contributed by atoms with van der Waals surface area (Å²) in [6.07, 6.45) is 8.71. The Morgan fingerprint density at radius 2 is 2.31 bits per heavy atom. The van der Waals surface area contributed by atoms with Crippen LogP contribution in [-0.2, 0) is 13.0 Å². The molecule has 4 heteroatoms. The van der Waals surface area contributed by atoms with E-state index in [9.17, 15) is 0 Å². The van der Waals surface area contributed by atoms with E-state index < -0.39 is 0 Å². The van der Waals surface area contributed by atoms with Gasteiger partial charge in [0.1, 0.15) is 0 Å². The summed E-state index contributed by atoms with van der Waals surface area (Å²) in [5.41, 5.74) is 6.54. The zero-order valence-electron chi connectivity index (χ0n) is 9.68. The Balaban J connectivity index is 1.61. The van der Waals surface area contributed by atoms with Crippen molar-refractivity contribution in [2.45, 2.75) is 38.6 Å². The minimum atomic E-state index is 0.660. The highest BCUT2D eigenvalue weighted by Crippen LogP contribution is 2.48. The number of fused-ring (bicyclic) bond motifs is 2. The van der Waals surface area contributed by atoms with E-state index in [1.165, 1.54) is 25.7 Å². The zero-order valence-corrected chi connectivity index (χ0v) is 9.68. The normalized spacial score (nSPS) is 32.4. The van der Waals surface area contributed by atoms with Gasteiger partial charge in [0.05, 0.1) is 5.69 Å². The summed E-state index contributed by atoms with van der Waals surface area (Å²) in [7, 11) is 0. The first-order valence-electron chi connectivity index (χ1n) is 6.44. The van der Waals surface area contributed by atoms with Crippen LogP contribution in [0.3, 0.4) is 0 Å². The van der Waals surface area contributed by atoms with E-state index in [1.54, 1.807) is 0 Å². The van der Waals surface area contributed by atoms with Crippen molar-refractivity contribution in [3.63, 3.8) is 0 Å². The van der Waals surface area contributed by atoms with Gasteiger partial charge >= 0.3 is 0 Å². The standard InChI is InChI=1S/C12H20N4/c13-4-3-12-8-16(15-14-12)7-11-6-9-1-2-10(11)5-9/h8-11H,1-7,13H2. The third kappa shape index (κ3) is 1.86. The molecule has 0 radical (unpaired) electrons. The average molecular weight is 220 g/mol. The lowest BCUT2D eigenvalue weighted by Gasteiger charge is -2.20. The monoisotopic (exact) mass is 220 g/mol. The van der Waals surface area contributed by atoms with Gasteiger partial charge in [-0.1, -0.05) is 11.6 Å². The highest BCUT2D eigenvalue weighted by atomic mass is 15.4. The molecule has 2 N–H and O–H groups in total. The molecule has 1 heterocycles. The first-order valence-corrected chi connectivity index (χ1v) is 6.44. The highest BCUT2D eigenvalue weighted by Gasteiger charge is 2.39. The maximum absolute atomic E-state index is 5.51. The lowest BCUT2D eigenvalue weighted by atomic mass is 9.89. The SMILES string of the molecule is NCCc1cn(CC2CC3CCC2C3)nn1. The van der Waals surface area contributed by atoms with Crippen LogP contribution >= 0.6 is 0 Å². The molecular weight excluding hydrogens is 200 g/mol. The topological polar surface area (TPSA) is 56.7 Å². The Morgan fingerprint density at radius 1 is 1.38 bits per heavy atom. The van der Waals surface area contributed by atoms with E-state index in [0.717, 1.165) is 36.4 Å². The molecular formula is C12H20N4. The molecule has 88 valence electrons. The average Bonchev–Trinajstić information content (AvgIpc) is 2.95. The van der Waals surface area contributed by atoms with Gasteiger partial charge in [-0.2, -0.15) is 0 Å². The maximum atomic E-state index is 5.51. The quantitative estimate of drug-likeness (QED) is 0.830. The predicted octanol–water partition coefficient (Wildman–Crippen LogP) is 1.22.